The van der Waals surface area contributed by atoms with Crippen molar-refractivity contribution in [2.75, 3.05) is 26.0 Å². The van der Waals surface area contributed by atoms with Crippen LogP contribution in [0.25, 0.3) is 0 Å². The molecule has 0 aromatic heterocycles. The van der Waals surface area contributed by atoms with Gasteiger partial charge in [0.05, 0.1) is 10.5 Å². The van der Waals surface area contributed by atoms with Crippen molar-refractivity contribution < 1.29 is 27.1 Å². The first-order valence-corrected chi connectivity index (χ1v) is 9.31. The summed E-state index contributed by atoms with van der Waals surface area (Å²) < 4.78 is 43.3. The standard InChI is InChI=1S/C18H19FN2O5S/c1-12-4-7-14(10-16(12)19)20-17(22)11-26-18(23)13-5-8-15(9-6-13)27(24,25)21(2)3/h4-10H,11H2,1-3H3,(H,20,22). The molecule has 0 unspecified atom stereocenters. The lowest BCUT2D eigenvalue weighted by Crippen LogP contribution is -2.22. The number of ether oxygens (including phenoxy) is 1. The number of amides is 1. The van der Waals surface area contributed by atoms with Gasteiger partial charge in [0.15, 0.2) is 6.61 Å². The number of hydrogen-bond acceptors (Lipinski definition) is 5. The fourth-order valence-electron chi connectivity index (χ4n) is 2.06. The Hall–Kier alpha value is -2.78. The molecule has 9 heteroatoms. The average molecular weight is 394 g/mol. The van der Waals surface area contributed by atoms with E-state index in [1.807, 2.05) is 0 Å². The minimum Gasteiger partial charge on any atom is -0.452 e. The van der Waals surface area contributed by atoms with Gasteiger partial charge in [0.1, 0.15) is 5.82 Å². The Bertz CT molecular complexity index is 956. The van der Waals surface area contributed by atoms with Crippen molar-refractivity contribution in [2.24, 2.45) is 0 Å². The molecule has 1 amide bonds. The smallest absolute Gasteiger partial charge is 0.338 e. The normalized spacial score (nSPS) is 11.3. The molecule has 2 rings (SSSR count). The van der Waals surface area contributed by atoms with Crippen LogP contribution < -0.4 is 5.32 Å². The molecule has 7 nitrogen and oxygen atoms in total. The summed E-state index contributed by atoms with van der Waals surface area (Å²) in [6, 6.07) is 9.36. The number of halogens is 1. The largest absolute Gasteiger partial charge is 0.452 e. The second-order valence-electron chi connectivity index (χ2n) is 5.90. The van der Waals surface area contributed by atoms with E-state index in [2.05, 4.69) is 5.32 Å². The third-order valence-electron chi connectivity index (χ3n) is 3.66. The Morgan fingerprint density at radius 1 is 1.11 bits per heavy atom. The zero-order chi connectivity index (χ0) is 20.2. The lowest BCUT2D eigenvalue weighted by Gasteiger charge is -2.11. The summed E-state index contributed by atoms with van der Waals surface area (Å²) in [5.41, 5.74) is 0.790. The molecule has 0 spiro atoms. The van der Waals surface area contributed by atoms with Crippen LogP contribution in [0.4, 0.5) is 10.1 Å². The van der Waals surface area contributed by atoms with Gasteiger partial charge in [-0.05, 0) is 48.9 Å². The summed E-state index contributed by atoms with van der Waals surface area (Å²) in [4.78, 5) is 23.8. The number of rotatable bonds is 6. The third-order valence-corrected chi connectivity index (χ3v) is 5.49. The molecule has 1 N–H and O–H groups in total. The molecular formula is C18H19FN2O5S. The first-order valence-electron chi connectivity index (χ1n) is 7.87. The number of nitrogens with zero attached hydrogens (tertiary/aromatic N) is 1. The van der Waals surface area contributed by atoms with Gasteiger partial charge in [0, 0.05) is 19.8 Å². The number of carbonyl (C=O) groups is 2. The molecule has 2 aromatic rings. The van der Waals surface area contributed by atoms with Crippen LogP contribution in [0.1, 0.15) is 15.9 Å². The molecular weight excluding hydrogens is 375 g/mol. The van der Waals surface area contributed by atoms with E-state index in [1.165, 1.54) is 56.6 Å². The molecule has 0 saturated carbocycles. The Morgan fingerprint density at radius 2 is 1.74 bits per heavy atom. The highest BCUT2D eigenvalue weighted by atomic mass is 32.2. The number of hydrogen-bond donors (Lipinski definition) is 1. The molecule has 0 heterocycles. The van der Waals surface area contributed by atoms with Crippen LogP contribution in [0, 0.1) is 12.7 Å². The number of anilines is 1. The molecule has 0 aliphatic heterocycles. The van der Waals surface area contributed by atoms with E-state index >= 15 is 0 Å². The van der Waals surface area contributed by atoms with Gasteiger partial charge in [-0.15, -0.1) is 0 Å². The number of sulfonamides is 1. The van der Waals surface area contributed by atoms with Crippen molar-refractivity contribution in [2.45, 2.75) is 11.8 Å². The molecule has 0 saturated heterocycles. The van der Waals surface area contributed by atoms with Crippen LogP contribution in [0.2, 0.25) is 0 Å². The van der Waals surface area contributed by atoms with E-state index in [1.54, 1.807) is 6.92 Å². The molecule has 0 radical (unpaired) electrons. The minimum atomic E-state index is -3.60. The number of benzene rings is 2. The molecule has 0 aliphatic carbocycles. The number of carbonyl (C=O) groups excluding carboxylic acids is 2. The topological polar surface area (TPSA) is 92.8 Å². The summed E-state index contributed by atoms with van der Waals surface area (Å²) in [5, 5.41) is 2.42. The SMILES string of the molecule is Cc1ccc(NC(=O)COC(=O)c2ccc(S(=O)(=O)N(C)C)cc2)cc1F. The fourth-order valence-corrected chi connectivity index (χ4v) is 2.96. The molecule has 0 fully saturated rings. The summed E-state index contributed by atoms with van der Waals surface area (Å²) in [7, 11) is -0.802. The fraction of sp³-hybridized carbons (Fsp3) is 0.222. The predicted octanol–water partition coefficient (Wildman–Crippen LogP) is 2.18. The molecule has 0 bridgehead atoms. The van der Waals surface area contributed by atoms with Gasteiger partial charge in [-0.3, -0.25) is 4.79 Å². The monoisotopic (exact) mass is 394 g/mol. The Kier molecular flexibility index (Phi) is 6.29. The highest BCUT2D eigenvalue weighted by Crippen LogP contribution is 2.15. The van der Waals surface area contributed by atoms with E-state index in [9.17, 15) is 22.4 Å². The van der Waals surface area contributed by atoms with Gasteiger partial charge in [-0.1, -0.05) is 6.07 Å². The van der Waals surface area contributed by atoms with Crippen LogP contribution in [-0.2, 0) is 19.6 Å². The summed E-state index contributed by atoms with van der Waals surface area (Å²) in [6.45, 7) is 1.03. The van der Waals surface area contributed by atoms with Gasteiger partial charge >= 0.3 is 5.97 Å². The van der Waals surface area contributed by atoms with Crippen molar-refractivity contribution in [3.8, 4) is 0 Å². The van der Waals surface area contributed by atoms with Gasteiger partial charge < -0.3 is 10.1 Å². The predicted molar refractivity (Wildman–Crippen MR) is 97.4 cm³/mol. The first kappa shape index (κ1) is 20.5. The second kappa shape index (κ2) is 8.28. The second-order valence-corrected chi connectivity index (χ2v) is 8.05. The number of aryl methyl sites for hydroxylation is 1. The highest BCUT2D eigenvalue weighted by molar-refractivity contribution is 7.89. The van der Waals surface area contributed by atoms with Gasteiger partial charge in [0.25, 0.3) is 5.91 Å². The van der Waals surface area contributed by atoms with Crippen molar-refractivity contribution in [3.63, 3.8) is 0 Å². The summed E-state index contributed by atoms with van der Waals surface area (Å²) in [5.74, 6) is -1.87. The number of esters is 1. The lowest BCUT2D eigenvalue weighted by molar-refractivity contribution is -0.119. The van der Waals surface area contributed by atoms with Crippen LogP contribution in [0.5, 0.6) is 0 Å². The Balaban J connectivity index is 1.95. The van der Waals surface area contributed by atoms with Gasteiger partial charge in [-0.25, -0.2) is 21.9 Å². The number of nitrogens with one attached hydrogen (secondary N) is 1. The molecule has 0 aliphatic rings. The van der Waals surface area contributed by atoms with Crippen LogP contribution in [0.15, 0.2) is 47.4 Å². The van der Waals surface area contributed by atoms with Crippen molar-refractivity contribution in [1.82, 2.24) is 4.31 Å². The van der Waals surface area contributed by atoms with E-state index in [0.717, 1.165) is 4.31 Å². The molecule has 0 atom stereocenters. The summed E-state index contributed by atoms with van der Waals surface area (Å²) >= 11 is 0. The maximum atomic E-state index is 13.4. The van der Waals surface area contributed by atoms with Crippen molar-refractivity contribution in [1.29, 1.82) is 0 Å². The maximum Gasteiger partial charge on any atom is 0.338 e. The Labute approximate surface area is 156 Å². The van der Waals surface area contributed by atoms with Crippen LogP contribution >= 0.6 is 0 Å². The van der Waals surface area contributed by atoms with E-state index in [0.29, 0.717) is 5.56 Å². The third kappa shape index (κ3) is 5.11. The zero-order valence-electron chi connectivity index (χ0n) is 15.0. The molecule has 2 aromatic carbocycles. The van der Waals surface area contributed by atoms with E-state index < -0.39 is 34.3 Å². The molecule has 144 valence electrons. The zero-order valence-corrected chi connectivity index (χ0v) is 15.8. The average Bonchev–Trinajstić information content (AvgIpc) is 2.62. The van der Waals surface area contributed by atoms with Gasteiger partial charge in [0.2, 0.25) is 10.0 Å². The van der Waals surface area contributed by atoms with Gasteiger partial charge in [-0.2, -0.15) is 0 Å². The maximum absolute atomic E-state index is 13.4. The lowest BCUT2D eigenvalue weighted by atomic mass is 10.2. The van der Waals surface area contributed by atoms with Crippen molar-refractivity contribution >= 4 is 27.6 Å². The highest BCUT2D eigenvalue weighted by Gasteiger charge is 2.18. The van der Waals surface area contributed by atoms with Crippen molar-refractivity contribution in [3.05, 3.63) is 59.4 Å². The summed E-state index contributed by atoms with van der Waals surface area (Å²) in [6.07, 6.45) is 0. The van der Waals surface area contributed by atoms with Crippen LogP contribution in [0.3, 0.4) is 0 Å². The quantitative estimate of drug-likeness (QED) is 0.758. The first-order chi connectivity index (χ1) is 12.6. The van der Waals surface area contributed by atoms with E-state index in [4.69, 9.17) is 4.74 Å². The minimum absolute atomic E-state index is 0.0307. The van der Waals surface area contributed by atoms with Crippen LogP contribution in [-0.4, -0.2) is 45.3 Å². The Morgan fingerprint density at radius 3 is 2.30 bits per heavy atom. The molecule has 27 heavy (non-hydrogen) atoms. The van der Waals surface area contributed by atoms with E-state index in [-0.39, 0.29) is 16.1 Å².